The Morgan fingerprint density at radius 1 is 1.28 bits per heavy atom. The molecular formula is C27H32ClN7O. The van der Waals surface area contributed by atoms with Gasteiger partial charge in [-0.15, -0.1) is 0 Å². The molecule has 1 aliphatic carbocycles. The van der Waals surface area contributed by atoms with E-state index in [-0.39, 0.29) is 11.1 Å². The second-order valence-electron chi connectivity index (χ2n) is 10.4. The summed E-state index contributed by atoms with van der Waals surface area (Å²) in [6, 6.07) is 7.83. The highest BCUT2D eigenvalue weighted by atomic mass is 35.5. The number of nitrogens with one attached hydrogen (secondary N) is 2. The van der Waals surface area contributed by atoms with Crippen molar-refractivity contribution in [2.24, 2.45) is 0 Å². The fourth-order valence-corrected chi connectivity index (χ4v) is 5.10. The molecule has 0 bridgehead atoms. The molecule has 188 valence electrons. The molecule has 2 N–H and O–H groups in total. The summed E-state index contributed by atoms with van der Waals surface area (Å²) in [6.07, 6.45) is 7.44. The van der Waals surface area contributed by atoms with Gasteiger partial charge in [0.05, 0.1) is 27.3 Å². The van der Waals surface area contributed by atoms with E-state index in [0.717, 1.165) is 47.6 Å². The van der Waals surface area contributed by atoms with Gasteiger partial charge in [0.25, 0.3) is 5.56 Å². The summed E-state index contributed by atoms with van der Waals surface area (Å²) in [5.74, 6) is 1.33. The van der Waals surface area contributed by atoms with Gasteiger partial charge in [-0.2, -0.15) is 5.10 Å². The van der Waals surface area contributed by atoms with Crippen molar-refractivity contribution in [3.63, 3.8) is 0 Å². The second-order valence-corrected chi connectivity index (χ2v) is 10.8. The molecule has 1 fully saturated rings. The molecule has 0 radical (unpaired) electrons. The van der Waals surface area contributed by atoms with Crippen LogP contribution in [0.3, 0.4) is 0 Å². The molecule has 0 unspecified atom stereocenters. The lowest BCUT2D eigenvalue weighted by atomic mass is 9.99. The van der Waals surface area contributed by atoms with Crippen molar-refractivity contribution in [3.05, 3.63) is 74.7 Å². The number of rotatable bonds is 6. The fraction of sp³-hybridized carbons (Fsp3) is 0.407. The number of fused-ring (bicyclic) bond motifs is 1. The normalized spacial score (nSPS) is 19.9. The van der Waals surface area contributed by atoms with E-state index in [4.69, 9.17) is 16.6 Å². The lowest BCUT2D eigenvalue weighted by molar-refractivity contribution is 0.179. The van der Waals surface area contributed by atoms with E-state index in [1.807, 2.05) is 38.2 Å². The second kappa shape index (κ2) is 9.33. The van der Waals surface area contributed by atoms with Gasteiger partial charge in [-0.3, -0.25) is 4.79 Å². The van der Waals surface area contributed by atoms with Crippen molar-refractivity contribution in [2.75, 3.05) is 19.4 Å². The first-order chi connectivity index (χ1) is 17.1. The summed E-state index contributed by atoms with van der Waals surface area (Å²) in [7, 11) is 4.26. The topological polar surface area (TPSA) is 91.7 Å². The number of nitrogens with zero attached hydrogens (tertiary/aromatic N) is 5. The van der Waals surface area contributed by atoms with E-state index in [1.54, 1.807) is 16.9 Å². The van der Waals surface area contributed by atoms with E-state index in [1.165, 1.54) is 0 Å². The standard InChI is InChI=1S/C27H32ClN7O/c1-16-15-35(33-17(16)2)25-7-6-18(14-29-25)10-24-31-22-12-23(21(28)11-20(22)26(36)32-24)30-19-8-9-27(3,13-19)34(4)5/h6-7,11-12,14-15,19,30H,8-10,13H2,1-5H3,(H,31,32,36)/t19-,27+/m1/s1. The summed E-state index contributed by atoms with van der Waals surface area (Å²) >= 11 is 6.56. The Morgan fingerprint density at radius 2 is 2.08 bits per heavy atom. The maximum atomic E-state index is 12.8. The number of pyridine rings is 1. The minimum Gasteiger partial charge on any atom is -0.381 e. The monoisotopic (exact) mass is 505 g/mol. The maximum absolute atomic E-state index is 12.8. The molecule has 3 aromatic heterocycles. The highest BCUT2D eigenvalue weighted by molar-refractivity contribution is 6.34. The maximum Gasteiger partial charge on any atom is 0.258 e. The van der Waals surface area contributed by atoms with Gasteiger partial charge in [0.2, 0.25) is 0 Å². The van der Waals surface area contributed by atoms with Crippen LogP contribution in [0.5, 0.6) is 0 Å². The lowest BCUT2D eigenvalue weighted by Crippen LogP contribution is -2.39. The van der Waals surface area contributed by atoms with Gasteiger partial charge < -0.3 is 15.2 Å². The number of halogens is 1. The summed E-state index contributed by atoms with van der Waals surface area (Å²) in [4.78, 5) is 27.3. The van der Waals surface area contributed by atoms with Crippen LogP contribution >= 0.6 is 11.6 Å². The number of aromatic nitrogens is 5. The van der Waals surface area contributed by atoms with E-state index in [0.29, 0.717) is 34.2 Å². The molecule has 4 aromatic rings. The van der Waals surface area contributed by atoms with Crippen LogP contribution in [0.1, 0.15) is 48.8 Å². The Bertz CT molecular complexity index is 1450. The van der Waals surface area contributed by atoms with Gasteiger partial charge in [0, 0.05) is 30.4 Å². The summed E-state index contributed by atoms with van der Waals surface area (Å²) in [6.45, 7) is 6.30. The zero-order chi connectivity index (χ0) is 25.6. The number of aryl methyl sites for hydroxylation is 2. The van der Waals surface area contributed by atoms with Crippen LogP contribution < -0.4 is 10.9 Å². The molecule has 8 nitrogen and oxygen atoms in total. The third-order valence-electron chi connectivity index (χ3n) is 7.56. The summed E-state index contributed by atoms with van der Waals surface area (Å²) in [5, 5.41) is 9.10. The smallest absolute Gasteiger partial charge is 0.258 e. The Balaban J connectivity index is 1.37. The first-order valence-electron chi connectivity index (χ1n) is 12.3. The third kappa shape index (κ3) is 4.75. The van der Waals surface area contributed by atoms with Crippen LogP contribution in [0, 0.1) is 13.8 Å². The lowest BCUT2D eigenvalue weighted by Gasteiger charge is -2.32. The van der Waals surface area contributed by atoms with Crippen LogP contribution in [0.15, 0.2) is 41.5 Å². The van der Waals surface area contributed by atoms with E-state index >= 15 is 0 Å². The minimum absolute atomic E-state index is 0.169. The van der Waals surface area contributed by atoms with Crippen molar-refractivity contribution in [1.82, 2.24) is 29.6 Å². The van der Waals surface area contributed by atoms with Crippen molar-refractivity contribution in [3.8, 4) is 5.82 Å². The molecule has 5 rings (SSSR count). The van der Waals surface area contributed by atoms with Crippen LogP contribution in [0.2, 0.25) is 5.02 Å². The first-order valence-corrected chi connectivity index (χ1v) is 12.6. The number of aromatic amines is 1. The Kier molecular flexibility index (Phi) is 6.34. The van der Waals surface area contributed by atoms with Crippen LogP contribution in [-0.2, 0) is 6.42 Å². The minimum atomic E-state index is -0.198. The molecule has 0 spiro atoms. The van der Waals surface area contributed by atoms with Gasteiger partial charge in [0.1, 0.15) is 5.82 Å². The largest absolute Gasteiger partial charge is 0.381 e. The van der Waals surface area contributed by atoms with Crippen LogP contribution in [0.25, 0.3) is 16.7 Å². The summed E-state index contributed by atoms with van der Waals surface area (Å²) < 4.78 is 1.77. The number of benzene rings is 1. The van der Waals surface area contributed by atoms with Crippen LogP contribution in [0.4, 0.5) is 5.69 Å². The van der Waals surface area contributed by atoms with E-state index in [9.17, 15) is 4.79 Å². The molecule has 9 heteroatoms. The highest BCUT2D eigenvalue weighted by Gasteiger charge is 2.36. The quantitative estimate of drug-likeness (QED) is 0.396. The number of anilines is 1. The zero-order valence-corrected chi connectivity index (χ0v) is 22.1. The molecular weight excluding hydrogens is 474 g/mol. The number of H-pyrrole nitrogens is 1. The van der Waals surface area contributed by atoms with Gasteiger partial charge in [-0.25, -0.2) is 14.6 Å². The van der Waals surface area contributed by atoms with E-state index in [2.05, 4.69) is 46.3 Å². The summed E-state index contributed by atoms with van der Waals surface area (Å²) in [5.41, 5.74) is 4.46. The third-order valence-corrected chi connectivity index (χ3v) is 7.87. The van der Waals surface area contributed by atoms with Gasteiger partial charge in [-0.1, -0.05) is 17.7 Å². The van der Waals surface area contributed by atoms with Gasteiger partial charge >= 0.3 is 0 Å². The van der Waals surface area contributed by atoms with Crippen molar-refractivity contribution >= 4 is 28.2 Å². The molecule has 0 saturated heterocycles. The molecule has 2 atom stereocenters. The zero-order valence-electron chi connectivity index (χ0n) is 21.4. The molecule has 1 aromatic carbocycles. The Labute approximate surface area is 215 Å². The van der Waals surface area contributed by atoms with Crippen molar-refractivity contribution in [2.45, 2.75) is 58.0 Å². The first kappa shape index (κ1) is 24.5. The predicted octanol–water partition coefficient (Wildman–Crippen LogP) is 4.65. The predicted molar refractivity (Wildman–Crippen MR) is 144 cm³/mol. The SMILES string of the molecule is Cc1cn(-c2ccc(Cc3nc4cc(N[C@@H]5CC[C@](C)(N(C)C)C5)c(Cl)cc4c(=O)[nH]3)cn2)nc1C. The average Bonchev–Trinajstić information content (AvgIpc) is 3.38. The van der Waals surface area contributed by atoms with Crippen LogP contribution in [-0.4, -0.2) is 55.3 Å². The van der Waals surface area contributed by atoms with Crippen molar-refractivity contribution in [1.29, 1.82) is 0 Å². The average molecular weight is 506 g/mol. The molecule has 1 aliphatic rings. The van der Waals surface area contributed by atoms with Crippen molar-refractivity contribution < 1.29 is 0 Å². The molecule has 1 saturated carbocycles. The molecule has 0 aliphatic heterocycles. The molecule has 36 heavy (non-hydrogen) atoms. The van der Waals surface area contributed by atoms with E-state index < -0.39 is 0 Å². The molecule has 3 heterocycles. The fourth-order valence-electron chi connectivity index (χ4n) is 4.89. The Morgan fingerprint density at radius 3 is 2.72 bits per heavy atom. The molecule has 0 amide bonds. The van der Waals surface area contributed by atoms with Gasteiger partial charge in [0.15, 0.2) is 5.82 Å². The number of hydrogen-bond donors (Lipinski definition) is 2. The van der Waals surface area contributed by atoms with Gasteiger partial charge in [-0.05, 0) is 83.5 Å². The number of hydrogen-bond acceptors (Lipinski definition) is 6. The highest BCUT2D eigenvalue weighted by Crippen LogP contribution is 2.36. The Hall–Kier alpha value is -3.23.